The molecule has 0 radical (unpaired) electrons. The van der Waals surface area contributed by atoms with Crippen LogP contribution in [0.4, 0.5) is 0 Å². The topological polar surface area (TPSA) is 29.3 Å². The van der Waals surface area contributed by atoms with Crippen molar-refractivity contribution in [3.63, 3.8) is 0 Å². The van der Waals surface area contributed by atoms with Gasteiger partial charge < -0.3 is 10.6 Å². The van der Waals surface area contributed by atoms with Gasteiger partial charge in [-0.1, -0.05) is 0 Å². The third-order valence-electron chi connectivity index (χ3n) is 0.809. The molecule has 0 spiro atoms. The van der Waals surface area contributed by atoms with Crippen LogP contribution < -0.4 is 5.73 Å². The largest absolute Gasteiger partial charge is 0.330 e. The van der Waals surface area contributed by atoms with Gasteiger partial charge >= 0.3 is 0 Å². The van der Waals surface area contributed by atoms with Gasteiger partial charge in [0.2, 0.25) is 0 Å². The average Bonchev–Trinajstić information content (AvgIpc) is 1.61. The maximum Gasteiger partial charge on any atom is -0.00128 e. The molecule has 0 aromatic rings. The minimum Gasteiger partial charge on any atom is -0.330 e. The summed E-state index contributed by atoms with van der Waals surface area (Å²) >= 11 is 0. The van der Waals surface area contributed by atoms with Crippen molar-refractivity contribution in [2.75, 3.05) is 27.2 Å². The summed E-state index contributed by atoms with van der Waals surface area (Å²) in [5.74, 6) is 0. The van der Waals surface area contributed by atoms with Crippen molar-refractivity contribution in [2.45, 2.75) is 6.42 Å². The molecule has 0 aliphatic carbocycles. The lowest BCUT2D eigenvalue weighted by atomic mass is 11.2. The van der Waals surface area contributed by atoms with Crippen molar-refractivity contribution in [3.8, 4) is 0 Å². The first kappa shape index (κ1) is 6.92. The van der Waals surface area contributed by atoms with E-state index in [4.69, 9.17) is 5.73 Å². The van der Waals surface area contributed by atoms with Crippen molar-refractivity contribution < 1.29 is 0 Å². The SMILES string of the molecule is C[15N](C)[13CH2][13CH2][13CH2]N. The second-order valence-electron chi connectivity index (χ2n) is 1.95. The maximum atomic E-state index is 5.25. The zero-order valence-corrected chi connectivity index (χ0v) is 5.15. The summed E-state index contributed by atoms with van der Waals surface area (Å²) in [4.78, 5) is 2.13. The predicted molar refractivity (Wildman–Crippen MR) is 32.2 cm³/mol. The van der Waals surface area contributed by atoms with E-state index in [1.165, 1.54) is 0 Å². The first-order chi connectivity index (χ1) is 3.27. The van der Waals surface area contributed by atoms with Gasteiger partial charge in [-0.15, -0.1) is 0 Å². The molecular formula is C5H14N2. The van der Waals surface area contributed by atoms with Crippen LogP contribution in [0.25, 0.3) is 0 Å². The Morgan fingerprint density at radius 3 is 2.14 bits per heavy atom. The summed E-state index contributed by atoms with van der Waals surface area (Å²) in [7, 11) is 4.10. The highest BCUT2D eigenvalue weighted by atomic mass is 15.9. The Kier molecular flexibility index (Phi) is 4.04. The highest BCUT2D eigenvalue weighted by Gasteiger charge is 1.83. The van der Waals surface area contributed by atoms with Crippen LogP contribution >= 0.6 is 0 Å². The average molecular weight is 106 g/mol. The zero-order chi connectivity index (χ0) is 5.70. The normalized spacial score (nSPS) is 10.3. The predicted octanol–water partition coefficient (Wildman–Crippen LogP) is -0.103. The molecule has 7 heavy (non-hydrogen) atoms. The van der Waals surface area contributed by atoms with Gasteiger partial charge in [-0.05, 0) is 33.6 Å². The lowest BCUT2D eigenvalue weighted by Crippen LogP contribution is -2.16. The smallest absolute Gasteiger partial charge is 0.00128 e. The van der Waals surface area contributed by atoms with Crippen LogP contribution in [0.1, 0.15) is 6.42 Å². The fourth-order valence-corrected chi connectivity index (χ4v) is 0.408. The molecule has 0 aliphatic heterocycles. The maximum absolute atomic E-state index is 5.25. The van der Waals surface area contributed by atoms with Crippen LogP contribution in [0.15, 0.2) is 0 Å². The molecule has 2 heteroatoms. The molecule has 2 nitrogen and oxygen atoms in total. The quantitative estimate of drug-likeness (QED) is 0.402. The summed E-state index contributed by atoms with van der Waals surface area (Å²) in [6, 6.07) is 0. The lowest BCUT2D eigenvalue weighted by molar-refractivity contribution is 0.403. The highest BCUT2D eigenvalue weighted by molar-refractivity contribution is 4.42. The van der Waals surface area contributed by atoms with Crippen molar-refractivity contribution >= 4 is 0 Å². The molecule has 0 atom stereocenters. The number of nitrogens with two attached hydrogens (primary N) is 1. The van der Waals surface area contributed by atoms with Gasteiger partial charge in [0.05, 0.1) is 0 Å². The van der Waals surface area contributed by atoms with E-state index in [-0.39, 0.29) is 0 Å². The lowest BCUT2D eigenvalue weighted by Gasteiger charge is -2.05. The minimum atomic E-state index is 0.804. The fourth-order valence-electron chi connectivity index (χ4n) is 0.408. The molecule has 0 amide bonds. The van der Waals surface area contributed by atoms with Gasteiger partial charge in [0.1, 0.15) is 0 Å². The van der Waals surface area contributed by atoms with Crippen LogP contribution in [0.5, 0.6) is 0 Å². The molecule has 2 N–H and O–H groups in total. The van der Waals surface area contributed by atoms with E-state index < -0.39 is 0 Å². The van der Waals surface area contributed by atoms with E-state index in [0.29, 0.717) is 0 Å². The number of hydrogen-bond donors (Lipinski definition) is 1. The van der Waals surface area contributed by atoms with Crippen molar-refractivity contribution in [2.24, 2.45) is 5.73 Å². The van der Waals surface area contributed by atoms with Gasteiger partial charge in [-0.25, -0.2) is 0 Å². The molecule has 0 aromatic heterocycles. The summed E-state index contributed by atoms with van der Waals surface area (Å²) in [5, 5.41) is 0. The third-order valence-corrected chi connectivity index (χ3v) is 0.809. The minimum absolute atomic E-state index is 0.804. The van der Waals surface area contributed by atoms with E-state index in [0.717, 1.165) is 19.5 Å². The van der Waals surface area contributed by atoms with Crippen LogP contribution in [0, 0.1) is 0 Å². The Balaban J connectivity index is 2.68. The van der Waals surface area contributed by atoms with Gasteiger partial charge in [-0.2, -0.15) is 0 Å². The van der Waals surface area contributed by atoms with E-state index in [1.807, 2.05) is 0 Å². The van der Waals surface area contributed by atoms with Gasteiger partial charge in [-0.3, -0.25) is 0 Å². The van der Waals surface area contributed by atoms with Crippen molar-refractivity contribution in [1.82, 2.24) is 4.90 Å². The Bertz CT molecular complexity index is 35.1. The molecule has 0 bridgehead atoms. The Morgan fingerprint density at radius 1 is 1.43 bits per heavy atom. The summed E-state index contributed by atoms with van der Waals surface area (Å²) in [6.45, 7) is 1.91. The Hall–Kier alpha value is -0.0800. The summed E-state index contributed by atoms with van der Waals surface area (Å²) in [6.07, 6.45) is 1.10. The first-order valence-electron chi connectivity index (χ1n) is 2.62. The van der Waals surface area contributed by atoms with E-state index in [2.05, 4.69) is 19.0 Å². The van der Waals surface area contributed by atoms with E-state index in [1.54, 1.807) is 0 Å². The van der Waals surface area contributed by atoms with Crippen LogP contribution in [0.2, 0.25) is 0 Å². The van der Waals surface area contributed by atoms with Gasteiger partial charge in [0.25, 0.3) is 0 Å². The molecule has 0 saturated heterocycles. The summed E-state index contributed by atoms with van der Waals surface area (Å²) < 4.78 is 0. The highest BCUT2D eigenvalue weighted by Crippen LogP contribution is 1.76. The number of hydrogen-bond acceptors (Lipinski definition) is 2. The standard InChI is InChI=1S/C5H14N2/c1-7(2)5-3-4-6/h3-6H2,1-2H3/i3+1,4+1,5+1,7+1. The number of rotatable bonds is 3. The van der Waals surface area contributed by atoms with Crippen LogP contribution in [-0.2, 0) is 0 Å². The van der Waals surface area contributed by atoms with Crippen LogP contribution in [0.3, 0.4) is 0 Å². The fraction of sp³-hybridized carbons (Fsp3) is 1.00. The zero-order valence-electron chi connectivity index (χ0n) is 5.15. The molecule has 0 heterocycles. The monoisotopic (exact) mass is 106 g/mol. The molecule has 0 saturated carbocycles. The van der Waals surface area contributed by atoms with Gasteiger partial charge in [0, 0.05) is 0 Å². The molecule has 0 fully saturated rings. The molecule has 0 aliphatic rings. The summed E-state index contributed by atoms with van der Waals surface area (Å²) in [5.41, 5.74) is 5.25. The molecule has 0 unspecified atom stereocenters. The van der Waals surface area contributed by atoms with E-state index in [9.17, 15) is 0 Å². The molecule has 0 rings (SSSR count). The van der Waals surface area contributed by atoms with E-state index >= 15 is 0 Å². The first-order valence-corrected chi connectivity index (χ1v) is 2.62. The Labute approximate surface area is 45.3 Å². The third kappa shape index (κ3) is 5.92. The van der Waals surface area contributed by atoms with Crippen LogP contribution in [-0.4, -0.2) is 32.1 Å². The van der Waals surface area contributed by atoms with Gasteiger partial charge in [0.15, 0.2) is 0 Å². The van der Waals surface area contributed by atoms with Crippen molar-refractivity contribution in [1.29, 1.82) is 0 Å². The molecule has 0 aromatic carbocycles. The Morgan fingerprint density at radius 2 is 2.00 bits per heavy atom. The molecular weight excluding hydrogens is 92.0 g/mol. The second kappa shape index (κ2) is 4.09. The molecule has 44 valence electrons. The second-order valence-corrected chi connectivity index (χ2v) is 1.95. The van der Waals surface area contributed by atoms with Crippen molar-refractivity contribution in [3.05, 3.63) is 0 Å². The number of nitrogens with zero attached hydrogens (tertiary/aromatic N) is 1.